The zero-order valence-electron chi connectivity index (χ0n) is 23.9. The van der Waals surface area contributed by atoms with Gasteiger partial charge in [-0.3, -0.25) is 0 Å². The second kappa shape index (κ2) is 7.35. The fourth-order valence-electron chi connectivity index (χ4n) is 1.53. The van der Waals surface area contributed by atoms with E-state index in [0.29, 0.717) is 38.0 Å². The monoisotopic (exact) mass is 329 g/mol. The zero-order chi connectivity index (χ0) is 26.4. The molecule has 1 aliphatic rings. The highest BCUT2D eigenvalue weighted by molar-refractivity contribution is 6.99. The highest BCUT2D eigenvalue weighted by Crippen LogP contribution is 2.26. The van der Waals surface area contributed by atoms with Gasteiger partial charge in [0, 0.05) is 40.2 Å². The Morgan fingerprint density at radius 3 is 3.00 bits per heavy atom. The van der Waals surface area contributed by atoms with Crippen molar-refractivity contribution >= 4 is 17.5 Å². The van der Waals surface area contributed by atoms with Gasteiger partial charge >= 0.3 is 0 Å². The minimum Gasteiger partial charge on any atom is -0.472 e. The summed E-state index contributed by atoms with van der Waals surface area (Å²) in [4.78, 5) is 1.65. The van der Waals surface area contributed by atoms with Crippen molar-refractivity contribution in [2.24, 2.45) is 0 Å². The number of morpholine rings is 1. The van der Waals surface area contributed by atoms with Crippen LogP contribution in [-0.4, -0.2) is 64.9 Å². The molecule has 0 aromatic carbocycles. The minimum absolute atomic E-state index is 0.0970. The molecule has 120 valence electrons. The maximum atomic E-state index is 10.5. The van der Waals surface area contributed by atoms with E-state index >= 15 is 0 Å². The predicted molar refractivity (Wildman–Crippen MR) is 82.2 cm³/mol. The van der Waals surface area contributed by atoms with E-state index in [-0.39, 0.29) is 5.82 Å². The predicted octanol–water partition coefficient (Wildman–Crippen LogP) is 0.502. The molecule has 1 aromatic rings. The highest BCUT2D eigenvalue weighted by Gasteiger charge is 2.21. The number of aliphatic hydroxyl groups is 1. The van der Waals surface area contributed by atoms with Crippen LogP contribution in [0.2, 0.25) is 0 Å². The molecule has 2 N–H and O–H groups in total. The number of aromatic nitrogens is 2. The van der Waals surface area contributed by atoms with Gasteiger partial charge in [0.25, 0.3) is 5.88 Å². The Labute approximate surface area is 147 Å². The molecule has 1 saturated heterocycles. The van der Waals surface area contributed by atoms with Gasteiger partial charge in [-0.2, -0.15) is 4.37 Å². The normalized spacial score (nSPS) is 30.1. The second-order valence-corrected chi connectivity index (χ2v) is 4.66. The molecule has 8 heteroatoms. The molecule has 0 spiro atoms. The summed E-state index contributed by atoms with van der Waals surface area (Å²) in [5.41, 5.74) is -3.85. The van der Waals surface area contributed by atoms with Crippen LogP contribution in [0.15, 0.2) is 0 Å². The molecule has 1 atom stereocenters. The third kappa shape index (κ3) is 5.39. The van der Waals surface area contributed by atoms with Gasteiger partial charge in [-0.15, -0.1) is 4.37 Å². The summed E-state index contributed by atoms with van der Waals surface area (Å²) < 4.78 is 118. The first-order valence-corrected chi connectivity index (χ1v) is 6.72. The van der Waals surface area contributed by atoms with Crippen LogP contribution < -0.4 is 15.0 Å². The first-order valence-electron chi connectivity index (χ1n) is 12.5. The molecular weight excluding hydrogens is 292 g/mol. The molecule has 1 aliphatic heterocycles. The largest absolute Gasteiger partial charge is 0.472 e. The summed E-state index contributed by atoms with van der Waals surface area (Å²) in [6, 6.07) is 0. The van der Waals surface area contributed by atoms with Gasteiger partial charge in [0.15, 0.2) is 0 Å². The van der Waals surface area contributed by atoms with Crippen molar-refractivity contribution in [1.82, 2.24) is 14.1 Å². The average molecular weight is 330 g/mol. The molecule has 21 heavy (non-hydrogen) atoms. The molecule has 0 unspecified atom stereocenters. The van der Waals surface area contributed by atoms with E-state index in [2.05, 4.69) is 8.75 Å². The van der Waals surface area contributed by atoms with Gasteiger partial charge in [-0.1, -0.05) is 0 Å². The van der Waals surface area contributed by atoms with Crippen LogP contribution in [0.5, 0.6) is 5.88 Å². The molecule has 0 amide bonds. The van der Waals surface area contributed by atoms with Crippen molar-refractivity contribution in [2.45, 2.75) is 32.2 Å². The molecule has 1 aromatic heterocycles. The Hall–Kier alpha value is -0.960. The van der Waals surface area contributed by atoms with Gasteiger partial charge in [0.05, 0.1) is 27.7 Å². The van der Waals surface area contributed by atoms with E-state index in [4.69, 9.17) is 27.3 Å². The van der Waals surface area contributed by atoms with Crippen LogP contribution in [0.25, 0.3) is 0 Å². The molecule has 0 aliphatic carbocycles. The molecule has 0 bridgehead atoms. The summed E-state index contributed by atoms with van der Waals surface area (Å²) in [5, 5.41) is 11.9. The second-order valence-electron chi connectivity index (χ2n) is 4.13. The first kappa shape index (κ1) is 6.27. The van der Waals surface area contributed by atoms with Crippen LogP contribution in [0.1, 0.15) is 38.4 Å². The summed E-state index contributed by atoms with van der Waals surface area (Å²) in [6.07, 6.45) is -2.91. The molecule has 0 saturated carbocycles. The van der Waals surface area contributed by atoms with Crippen molar-refractivity contribution in [3.05, 3.63) is 0 Å². The number of ether oxygens (including phenoxy) is 2. The van der Waals surface area contributed by atoms with Gasteiger partial charge < -0.3 is 24.8 Å². The average Bonchev–Trinajstić information content (AvgIpc) is 3.10. The lowest BCUT2D eigenvalue weighted by molar-refractivity contribution is 0.0975. The maximum absolute atomic E-state index is 10.5. The molecular formula is C13H24N4O3S. The highest BCUT2D eigenvalue weighted by atomic mass is 32.1. The molecule has 0 radical (unpaired) electrons. The quantitative estimate of drug-likeness (QED) is 0.787. The fraction of sp³-hybridized carbons (Fsp3) is 0.846. The van der Waals surface area contributed by atoms with E-state index in [0.717, 1.165) is 0 Å². The van der Waals surface area contributed by atoms with Crippen molar-refractivity contribution in [3.63, 3.8) is 0 Å². The van der Waals surface area contributed by atoms with E-state index in [1.165, 1.54) is 5.32 Å². The Balaban J connectivity index is 2.39. The first-order chi connectivity index (χ1) is 15.2. The van der Waals surface area contributed by atoms with Crippen LogP contribution in [0, 0.1) is 0 Å². The summed E-state index contributed by atoms with van der Waals surface area (Å²) in [5.74, 6) is -0.305. The lowest BCUT2D eigenvalue weighted by atomic mass is 10.1. The Bertz CT molecular complexity index is 799. The smallest absolute Gasteiger partial charge is 0.270 e. The fourth-order valence-corrected chi connectivity index (χ4v) is 2.03. The van der Waals surface area contributed by atoms with Crippen molar-refractivity contribution in [1.29, 1.82) is 0 Å². The number of nitrogens with zero attached hydrogens (tertiary/aromatic N) is 3. The van der Waals surface area contributed by atoms with Crippen molar-refractivity contribution in [2.75, 3.05) is 44.3 Å². The third-order valence-electron chi connectivity index (χ3n) is 2.42. The van der Waals surface area contributed by atoms with Crippen LogP contribution in [0.4, 0.5) is 5.82 Å². The van der Waals surface area contributed by atoms with Gasteiger partial charge in [-0.25, -0.2) is 0 Å². The van der Waals surface area contributed by atoms with Gasteiger partial charge in [0.2, 0.25) is 5.82 Å². The van der Waals surface area contributed by atoms with Gasteiger partial charge in [0.1, 0.15) is 12.7 Å². The standard InChI is InChI=1S/C13H24N4O3S/c1-13(2,3)14-8-10(18)9-20-12-11(15-21-16-12)17-4-6-19-7-5-17/h10,14,18H,4-9H2,1-3H3/t10-/m0/s1/i1D3,2D3,3D3,8D2,9D2. The summed E-state index contributed by atoms with van der Waals surface area (Å²) >= 11 is 0.652. The number of rotatable bonds is 6. The summed E-state index contributed by atoms with van der Waals surface area (Å²) in [7, 11) is 0. The Morgan fingerprint density at radius 2 is 2.29 bits per heavy atom. The lowest BCUT2D eigenvalue weighted by Gasteiger charge is -2.27. The van der Waals surface area contributed by atoms with Crippen molar-refractivity contribution in [3.8, 4) is 5.88 Å². The maximum Gasteiger partial charge on any atom is 0.270 e. The number of hydrogen-bond acceptors (Lipinski definition) is 8. The molecule has 2 rings (SSSR count). The van der Waals surface area contributed by atoms with Crippen LogP contribution in [0.3, 0.4) is 0 Å². The SMILES string of the molecule is [2H]C([2H])(NC(C([2H])([2H])[2H])(C([2H])([2H])[2H])C([2H])([2H])[2H])[C@H](O)C([2H])([2H])Oc1nsnc1N1CCOCC1. The van der Waals surface area contributed by atoms with E-state index in [9.17, 15) is 5.11 Å². The summed E-state index contributed by atoms with van der Waals surface area (Å²) in [6.45, 7) is -17.0. The number of nitrogens with one attached hydrogen (secondary N) is 1. The third-order valence-corrected chi connectivity index (χ3v) is 2.92. The number of aliphatic hydroxyl groups excluding tert-OH is 1. The lowest BCUT2D eigenvalue weighted by Crippen LogP contribution is -2.42. The topological polar surface area (TPSA) is 79.7 Å². The van der Waals surface area contributed by atoms with Crippen molar-refractivity contribution < 1.29 is 32.4 Å². The van der Waals surface area contributed by atoms with E-state index in [1.807, 2.05) is 0 Å². The Morgan fingerprint density at radius 1 is 1.52 bits per heavy atom. The van der Waals surface area contributed by atoms with E-state index in [1.54, 1.807) is 4.90 Å². The Kier molecular flexibility index (Phi) is 2.19. The molecule has 1 fully saturated rings. The number of anilines is 1. The van der Waals surface area contributed by atoms with Crippen LogP contribution >= 0.6 is 11.7 Å². The molecule has 7 nitrogen and oxygen atoms in total. The number of hydrogen-bond donors (Lipinski definition) is 2. The van der Waals surface area contributed by atoms with Gasteiger partial charge in [-0.05, 0) is 20.6 Å². The van der Waals surface area contributed by atoms with Crippen LogP contribution in [-0.2, 0) is 4.74 Å². The molecule has 2 heterocycles. The zero-order valence-corrected chi connectivity index (χ0v) is 11.7. The van der Waals surface area contributed by atoms with E-state index < -0.39 is 51.1 Å². The minimum atomic E-state index is -3.85. The number of β-amino-alcohol motifs (C(OH)–C–C–N with tert-alkyl or cyclic N) is 1.